The summed E-state index contributed by atoms with van der Waals surface area (Å²) in [6.07, 6.45) is 1.42. The second-order valence-electron chi connectivity index (χ2n) is 5.06. The fourth-order valence-corrected chi connectivity index (χ4v) is 2.41. The van der Waals surface area contributed by atoms with Crippen LogP contribution in [-0.2, 0) is 11.3 Å². The molecule has 2 aromatic rings. The lowest BCUT2D eigenvalue weighted by atomic mass is 10.3. The zero-order chi connectivity index (χ0) is 17.5. The average molecular weight is 370 g/mol. The highest BCUT2D eigenvalue weighted by Crippen LogP contribution is 2.28. The summed E-state index contributed by atoms with van der Waals surface area (Å²) in [4.78, 5) is 23.5. The number of aromatic nitrogens is 2. The summed E-state index contributed by atoms with van der Waals surface area (Å²) in [6.45, 7) is 2.46. The van der Waals surface area contributed by atoms with Crippen molar-refractivity contribution in [2.45, 2.75) is 26.0 Å². The minimum Gasteiger partial charge on any atom is -0.479 e. The fraction of sp³-hybridized carbons (Fsp3) is 0.312. The molecule has 6 nitrogen and oxygen atoms in total. The van der Waals surface area contributed by atoms with E-state index < -0.39 is 6.10 Å². The standard InChI is InChI=1S/C16H17Cl2N3O3/c1-11(24-14-6-5-12(17)10-13(14)18)16(23)19-7-3-9-21-15(22)4-2-8-20-21/h2,4-6,8,10-11H,3,7,9H2,1H3,(H,19,23)/t11-/m0/s1. The number of aryl methyl sites for hydroxylation is 1. The van der Waals surface area contributed by atoms with Crippen LogP contribution in [-0.4, -0.2) is 28.3 Å². The highest BCUT2D eigenvalue weighted by atomic mass is 35.5. The van der Waals surface area contributed by atoms with Crippen molar-refractivity contribution in [2.24, 2.45) is 0 Å². The molecule has 128 valence electrons. The first-order valence-corrected chi connectivity index (χ1v) is 8.14. The molecule has 0 saturated heterocycles. The van der Waals surface area contributed by atoms with Crippen LogP contribution < -0.4 is 15.6 Å². The van der Waals surface area contributed by atoms with Crippen LogP contribution in [0.1, 0.15) is 13.3 Å². The van der Waals surface area contributed by atoms with E-state index >= 15 is 0 Å². The average Bonchev–Trinajstić information content (AvgIpc) is 2.55. The molecule has 0 spiro atoms. The Morgan fingerprint density at radius 3 is 2.88 bits per heavy atom. The molecule has 2 rings (SSSR count). The van der Waals surface area contributed by atoms with Crippen LogP contribution in [0.5, 0.6) is 5.75 Å². The summed E-state index contributed by atoms with van der Waals surface area (Å²) < 4.78 is 6.87. The molecule has 0 bridgehead atoms. The van der Waals surface area contributed by atoms with Gasteiger partial charge in [-0.2, -0.15) is 5.10 Å². The zero-order valence-corrected chi connectivity index (χ0v) is 14.5. The molecular formula is C16H17Cl2N3O3. The molecule has 8 heteroatoms. The van der Waals surface area contributed by atoms with Gasteiger partial charge in [0.15, 0.2) is 6.10 Å². The maximum absolute atomic E-state index is 12.0. The number of carbonyl (C=O) groups excluding carboxylic acids is 1. The highest BCUT2D eigenvalue weighted by molar-refractivity contribution is 6.35. The Morgan fingerprint density at radius 1 is 1.38 bits per heavy atom. The molecule has 0 aliphatic rings. The Kier molecular flexibility index (Phi) is 6.63. The van der Waals surface area contributed by atoms with Crippen LogP contribution in [0.15, 0.2) is 41.3 Å². The second kappa shape index (κ2) is 8.70. The second-order valence-corrected chi connectivity index (χ2v) is 5.91. The lowest BCUT2D eigenvalue weighted by Gasteiger charge is -2.15. The first kappa shape index (κ1) is 18.3. The Hall–Kier alpha value is -2.05. The van der Waals surface area contributed by atoms with Crippen molar-refractivity contribution >= 4 is 29.1 Å². The van der Waals surface area contributed by atoms with E-state index in [9.17, 15) is 9.59 Å². The van der Waals surface area contributed by atoms with Gasteiger partial charge in [0, 0.05) is 30.4 Å². The van der Waals surface area contributed by atoms with E-state index in [0.29, 0.717) is 35.3 Å². The Morgan fingerprint density at radius 2 is 2.17 bits per heavy atom. The molecule has 1 N–H and O–H groups in total. The van der Waals surface area contributed by atoms with Gasteiger partial charge < -0.3 is 10.1 Å². The molecule has 0 aliphatic heterocycles. The summed E-state index contributed by atoms with van der Waals surface area (Å²) in [5, 5.41) is 7.53. The van der Waals surface area contributed by atoms with Crippen molar-refractivity contribution < 1.29 is 9.53 Å². The first-order valence-electron chi connectivity index (χ1n) is 7.39. The number of nitrogens with one attached hydrogen (secondary N) is 1. The van der Waals surface area contributed by atoms with Gasteiger partial charge in [-0.05, 0) is 37.6 Å². The maximum Gasteiger partial charge on any atom is 0.266 e. The van der Waals surface area contributed by atoms with Crippen LogP contribution in [0.3, 0.4) is 0 Å². The molecular weight excluding hydrogens is 353 g/mol. The lowest BCUT2D eigenvalue weighted by Crippen LogP contribution is -2.37. The maximum atomic E-state index is 12.0. The van der Waals surface area contributed by atoms with E-state index in [0.717, 1.165) is 0 Å². The van der Waals surface area contributed by atoms with Gasteiger partial charge >= 0.3 is 0 Å². The molecule has 24 heavy (non-hydrogen) atoms. The number of hydrogen-bond acceptors (Lipinski definition) is 4. The monoisotopic (exact) mass is 369 g/mol. The van der Waals surface area contributed by atoms with E-state index in [1.54, 1.807) is 37.4 Å². The molecule has 1 atom stereocenters. The van der Waals surface area contributed by atoms with Gasteiger partial charge in [-0.1, -0.05) is 23.2 Å². The number of nitrogens with zero attached hydrogens (tertiary/aromatic N) is 2. The summed E-state index contributed by atoms with van der Waals surface area (Å²) in [5.41, 5.74) is -0.169. The summed E-state index contributed by atoms with van der Waals surface area (Å²) in [6, 6.07) is 7.83. The van der Waals surface area contributed by atoms with Crippen molar-refractivity contribution in [3.05, 3.63) is 56.9 Å². The quantitative estimate of drug-likeness (QED) is 0.761. The molecule has 0 unspecified atom stereocenters. The number of hydrogen-bond donors (Lipinski definition) is 1. The Bertz CT molecular complexity index is 764. The largest absolute Gasteiger partial charge is 0.479 e. The van der Waals surface area contributed by atoms with E-state index in [1.165, 1.54) is 10.7 Å². The van der Waals surface area contributed by atoms with Crippen LogP contribution in [0.25, 0.3) is 0 Å². The van der Waals surface area contributed by atoms with Crippen molar-refractivity contribution in [3.63, 3.8) is 0 Å². The van der Waals surface area contributed by atoms with Gasteiger partial charge in [-0.15, -0.1) is 0 Å². The molecule has 1 heterocycles. The molecule has 0 radical (unpaired) electrons. The van der Waals surface area contributed by atoms with Crippen LogP contribution >= 0.6 is 23.2 Å². The minimum absolute atomic E-state index is 0.169. The van der Waals surface area contributed by atoms with E-state index in [4.69, 9.17) is 27.9 Å². The third kappa shape index (κ3) is 5.25. The molecule has 0 saturated carbocycles. The number of amides is 1. The van der Waals surface area contributed by atoms with Crippen molar-refractivity contribution in [3.8, 4) is 5.75 Å². The normalized spacial score (nSPS) is 11.8. The summed E-state index contributed by atoms with van der Waals surface area (Å²) in [7, 11) is 0. The minimum atomic E-state index is -0.707. The number of carbonyl (C=O) groups is 1. The number of halogens is 2. The van der Waals surface area contributed by atoms with Gasteiger partial charge in [-0.3, -0.25) is 9.59 Å². The Labute approximate surface area is 149 Å². The van der Waals surface area contributed by atoms with Crippen LogP contribution in [0.4, 0.5) is 0 Å². The highest BCUT2D eigenvalue weighted by Gasteiger charge is 2.15. The predicted octanol–water partition coefficient (Wildman–Crippen LogP) is 2.52. The van der Waals surface area contributed by atoms with E-state index in [2.05, 4.69) is 10.4 Å². The molecule has 0 fully saturated rings. The Balaban J connectivity index is 1.77. The van der Waals surface area contributed by atoms with Crippen molar-refractivity contribution in [1.82, 2.24) is 15.1 Å². The van der Waals surface area contributed by atoms with E-state index in [1.807, 2.05) is 0 Å². The molecule has 0 aliphatic carbocycles. The van der Waals surface area contributed by atoms with E-state index in [-0.39, 0.29) is 11.5 Å². The SMILES string of the molecule is C[C@H](Oc1ccc(Cl)cc1Cl)C(=O)NCCCn1ncccc1=O. The van der Waals surface area contributed by atoms with Crippen LogP contribution in [0, 0.1) is 0 Å². The van der Waals surface area contributed by atoms with Crippen molar-refractivity contribution in [1.29, 1.82) is 0 Å². The van der Waals surface area contributed by atoms with Gasteiger partial charge in [0.25, 0.3) is 11.5 Å². The van der Waals surface area contributed by atoms with Crippen LogP contribution in [0.2, 0.25) is 10.0 Å². The molecule has 1 aromatic heterocycles. The zero-order valence-electron chi connectivity index (χ0n) is 13.0. The number of rotatable bonds is 7. The predicted molar refractivity (Wildman–Crippen MR) is 92.7 cm³/mol. The van der Waals surface area contributed by atoms with Gasteiger partial charge in [0.05, 0.1) is 5.02 Å². The van der Waals surface area contributed by atoms with Gasteiger partial charge in [-0.25, -0.2) is 4.68 Å². The third-order valence-electron chi connectivity index (χ3n) is 3.20. The topological polar surface area (TPSA) is 73.2 Å². The first-order chi connectivity index (χ1) is 11.5. The lowest BCUT2D eigenvalue weighted by molar-refractivity contribution is -0.127. The number of ether oxygens (including phenoxy) is 1. The van der Waals surface area contributed by atoms with Crippen molar-refractivity contribution in [2.75, 3.05) is 6.54 Å². The van der Waals surface area contributed by atoms with Gasteiger partial charge in [0.1, 0.15) is 5.75 Å². The molecule has 1 aromatic carbocycles. The summed E-state index contributed by atoms with van der Waals surface area (Å²) >= 11 is 11.8. The van der Waals surface area contributed by atoms with Gasteiger partial charge in [0.2, 0.25) is 0 Å². The third-order valence-corrected chi connectivity index (χ3v) is 3.73. The number of benzene rings is 1. The summed E-state index contributed by atoms with van der Waals surface area (Å²) in [5.74, 6) is 0.123. The molecule has 1 amide bonds. The fourth-order valence-electron chi connectivity index (χ4n) is 1.95. The smallest absolute Gasteiger partial charge is 0.266 e.